The van der Waals surface area contributed by atoms with Gasteiger partial charge in [0.2, 0.25) is 0 Å². The zero-order valence-electron chi connectivity index (χ0n) is 11.3. The predicted molar refractivity (Wildman–Crippen MR) is 76.6 cm³/mol. The number of anilines is 1. The smallest absolute Gasteiger partial charge is 0.0314 e. The fourth-order valence-electron chi connectivity index (χ4n) is 3.07. The first kappa shape index (κ1) is 12.0. The molecule has 2 heteroatoms. The van der Waals surface area contributed by atoms with Gasteiger partial charge in [-0.15, -0.1) is 0 Å². The zero-order chi connectivity index (χ0) is 12.6. The number of hydrogen-bond acceptors (Lipinski definition) is 2. The van der Waals surface area contributed by atoms with Gasteiger partial charge in [-0.25, -0.2) is 0 Å². The van der Waals surface area contributed by atoms with Crippen LogP contribution in [0.15, 0.2) is 24.3 Å². The first-order valence-electron chi connectivity index (χ1n) is 7.33. The number of nitrogens with two attached hydrogens (primary N) is 1. The monoisotopic (exact) mass is 244 g/mol. The molecule has 2 nitrogen and oxygen atoms in total. The van der Waals surface area contributed by atoms with E-state index in [4.69, 9.17) is 5.73 Å². The summed E-state index contributed by atoms with van der Waals surface area (Å²) in [5, 5.41) is 3.78. The third-order valence-electron chi connectivity index (χ3n) is 4.66. The Labute approximate surface area is 110 Å². The molecule has 0 saturated heterocycles. The second-order valence-electron chi connectivity index (χ2n) is 6.17. The molecule has 3 rings (SSSR count). The van der Waals surface area contributed by atoms with Crippen molar-refractivity contribution in [1.82, 2.24) is 5.32 Å². The molecule has 1 aromatic carbocycles. The minimum Gasteiger partial charge on any atom is -0.399 e. The number of hydrogen-bond donors (Lipinski definition) is 2. The molecule has 2 saturated carbocycles. The fourth-order valence-corrected chi connectivity index (χ4v) is 3.07. The summed E-state index contributed by atoms with van der Waals surface area (Å²) in [6.07, 6.45) is 6.77. The molecule has 0 radical (unpaired) electrons. The van der Waals surface area contributed by atoms with Crippen molar-refractivity contribution in [3.05, 3.63) is 29.8 Å². The maximum absolute atomic E-state index is 5.76. The van der Waals surface area contributed by atoms with Crippen molar-refractivity contribution in [3.8, 4) is 0 Å². The summed E-state index contributed by atoms with van der Waals surface area (Å²) in [7, 11) is 0. The maximum Gasteiger partial charge on any atom is 0.0314 e. The molecule has 0 amide bonds. The molecule has 2 unspecified atom stereocenters. The third kappa shape index (κ3) is 2.39. The highest BCUT2D eigenvalue weighted by Crippen LogP contribution is 2.48. The van der Waals surface area contributed by atoms with Gasteiger partial charge in [-0.3, -0.25) is 0 Å². The molecule has 0 aliphatic heterocycles. The quantitative estimate of drug-likeness (QED) is 0.755. The van der Waals surface area contributed by atoms with E-state index in [1.165, 1.54) is 37.7 Å². The lowest BCUT2D eigenvalue weighted by Gasteiger charge is -2.17. The van der Waals surface area contributed by atoms with Crippen LogP contribution in [0.5, 0.6) is 0 Å². The average Bonchev–Trinajstić information content (AvgIpc) is 3.24. The molecule has 3 N–H and O–H groups in total. The highest BCUT2D eigenvalue weighted by molar-refractivity contribution is 5.43. The summed E-state index contributed by atoms with van der Waals surface area (Å²) >= 11 is 0. The third-order valence-corrected chi connectivity index (χ3v) is 4.66. The zero-order valence-corrected chi connectivity index (χ0v) is 11.3. The molecular formula is C16H24N2. The molecule has 2 fully saturated rings. The summed E-state index contributed by atoms with van der Waals surface area (Å²) in [6, 6.07) is 9.29. The van der Waals surface area contributed by atoms with Crippen LogP contribution in [0.1, 0.15) is 44.6 Å². The first-order valence-corrected chi connectivity index (χ1v) is 7.33. The molecule has 98 valence electrons. The van der Waals surface area contributed by atoms with Gasteiger partial charge in [-0.2, -0.15) is 0 Å². The lowest BCUT2D eigenvalue weighted by Crippen LogP contribution is -2.29. The Hall–Kier alpha value is -1.02. The van der Waals surface area contributed by atoms with Gasteiger partial charge < -0.3 is 11.1 Å². The standard InChI is InChI=1S/C16H24N2/c1-2-3-12-10-15(12)18-11-16(8-9-16)13-4-6-14(17)7-5-13/h4-7,12,15,18H,2-3,8-11,17H2,1H3. The Bertz CT molecular complexity index is 406. The van der Waals surface area contributed by atoms with Crippen LogP contribution in [-0.4, -0.2) is 12.6 Å². The molecule has 18 heavy (non-hydrogen) atoms. The van der Waals surface area contributed by atoms with Gasteiger partial charge >= 0.3 is 0 Å². The lowest BCUT2D eigenvalue weighted by molar-refractivity contribution is 0.539. The molecule has 0 heterocycles. The van der Waals surface area contributed by atoms with Gasteiger partial charge in [-0.05, 0) is 49.3 Å². The Balaban J connectivity index is 1.55. The average molecular weight is 244 g/mol. The molecule has 2 aliphatic carbocycles. The minimum atomic E-state index is 0.424. The summed E-state index contributed by atoms with van der Waals surface area (Å²) in [4.78, 5) is 0. The van der Waals surface area contributed by atoms with Crippen LogP contribution in [-0.2, 0) is 5.41 Å². The molecule has 1 aromatic rings. The predicted octanol–water partition coefficient (Wildman–Crippen LogP) is 3.08. The highest BCUT2D eigenvalue weighted by atomic mass is 15.0. The van der Waals surface area contributed by atoms with Gasteiger partial charge in [0.15, 0.2) is 0 Å². The highest BCUT2D eigenvalue weighted by Gasteiger charge is 2.46. The second-order valence-corrected chi connectivity index (χ2v) is 6.17. The molecule has 0 bridgehead atoms. The summed E-state index contributed by atoms with van der Waals surface area (Å²) in [6.45, 7) is 3.44. The van der Waals surface area contributed by atoms with Crippen molar-refractivity contribution in [2.45, 2.75) is 50.5 Å². The Morgan fingerprint density at radius 1 is 1.28 bits per heavy atom. The van der Waals surface area contributed by atoms with Gasteiger partial charge in [0.1, 0.15) is 0 Å². The molecule has 2 atom stereocenters. The van der Waals surface area contributed by atoms with E-state index in [1.807, 2.05) is 12.1 Å². The second kappa shape index (κ2) is 4.58. The van der Waals surface area contributed by atoms with E-state index < -0.39 is 0 Å². The van der Waals surface area contributed by atoms with Crippen molar-refractivity contribution >= 4 is 5.69 Å². The minimum absolute atomic E-state index is 0.424. The van der Waals surface area contributed by atoms with Gasteiger partial charge in [0.05, 0.1) is 0 Å². The molecular weight excluding hydrogens is 220 g/mol. The van der Waals surface area contributed by atoms with Gasteiger partial charge in [0, 0.05) is 23.7 Å². The number of benzene rings is 1. The van der Waals surface area contributed by atoms with E-state index in [9.17, 15) is 0 Å². The first-order chi connectivity index (χ1) is 8.73. The van der Waals surface area contributed by atoms with Crippen molar-refractivity contribution in [1.29, 1.82) is 0 Å². The van der Waals surface area contributed by atoms with E-state index in [0.717, 1.165) is 24.2 Å². The normalized spacial score (nSPS) is 28.1. The fraction of sp³-hybridized carbons (Fsp3) is 0.625. The summed E-state index contributed by atoms with van der Waals surface area (Å²) < 4.78 is 0. The van der Waals surface area contributed by atoms with Crippen LogP contribution in [0.2, 0.25) is 0 Å². The number of nitrogens with one attached hydrogen (secondary N) is 1. The van der Waals surface area contributed by atoms with Crippen LogP contribution < -0.4 is 11.1 Å². The van der Waals surface area contributed by atoms with Crippen molar-refractivity contribution in [3.63, 3.8) is 0 Å². The molecule has 2 aliphatic rings. The van der Waals surface area contributed by atoms with Crippen LogP contribution in [0.25, 0.3) is 0 Å². The van der Waals surface area contributed by atoms with Crippen LogP contribution in [0, 0.1) is 5.92 Å². The lowest BCUT2D eigenvalue weighted by atomic mass is 9.95. The van der Waals surface area contributed by atoms with Crippen LogP contribution >= 0.6 is 0 Å². The molecule has 0 spiro atoms. The van der Waals surface area contributed by atoms with Crippen LogP contribution in [0.4, 0.5) is 5.69 Å². The van der Waals surface area contributed by atoms with E-state index in [0.29, 0.717) is 5.41 Å². The van der Waals surface area contributed by atoms with E-state index in [-0.39, 0.29) is 0 Å². The van der Waals surface area contributed by atoms with Gasteiger partial charge in [0.25, 0.3) is 0 Å². The Morgan fingerprint density at radius 2 is 2.00 bits per heavy atom. The van der Waals surface area contributed by atoms with Crippen molar-refractivity contribution in [2.24, 2.45) is 5.92 Å². The Kier molecular flexibility index (Phi) is 3.06. The Morgan fingerprint density at radius 3 is 2.61 bits per heavy atom. The van der Waals surface area contributed by atoms with Crippen molar-refractivity contribution < 1.29 is 0 Å². The van der Waals surface area contributed by atoms with Crippen molar-refractivity contribution in [2.75, 3.05) is 12.3 Å². The number of nitrogen functional groups attached to an aromatic ring is 1. The van der Waals surface area contributed by atoms with E-state index >= 15 is 0 Å². The van der Waals surface area contributed by atoms with E-state index in [2.05, 4.69) is 24.4 Å². The maximum atomic E-state index is 5.76. The summed E-state index contributed by atoms with van der Waals surface area (Å²) in [5.74, 6) is 0.956. The summed E-state index contributed by atoms with van der Waals surface area (Å²) in [5.41, 5.74) is 8.52. The number of rotatable bonds is 6. The largest absolute Gasteiger partial charge is 0.399 e. The topological polar surface area (TPSA) is 38.0 Å². The SMILES string of the molecule is CCCC1CC1NCC1(c2ccc(N)cc2)CC1. The van der Waals surface area contributed by atoms with Gasteiger partial charge in [-0.1, -0.05) is 25.5 Å². The molecule has 0 aromatic heterocycles. The van der Waals surface area contributed by atoms with E-state index in [1.54, 1.807) is 0 Å². The van der Waals surface area contributed by atoms with Crippen LogP contribution in [0.3, 0.4) is 0 Å².